The summed E-state index contributed by atoms with van der Waals surface area (Å²) in [4.78, 5) is 12.6. The Morgan fingerprint density at radius 3 is 2.64 bits per heavy atom. The molecule has 0 unspecified atom stereocenters. The van der Waals surface area contributed by atoms with E-state index in [0.717, 1.165) is 54.7 Å². The number of hydrogen-bond acceptors (Lipinski definition) is 2. The number of nitriles is 1. The predicted octanol–water partition coefficient (Wildman–Crippen LogP) is 5.01. The fourth-order valence-corrected chi connectivity index (χ4v) is 4.15. The molecule has 28 heavy (non-hydrogen) atoms. The molecule has 3 rings (SSSR count). The van der Waals surface area contributed by atoms with Crippen molar-refractivity contribution in [1.82, 2.24) is 9.88 Å². The molecule has 0 aliphatic heterocycles. The molecular weight excluding hydrogens is 346 g/mol. The maximum Gasteiger partial charge on any atom is 0.262 e. The average molecular weight is 376 g/mol. The highest BCUT2D eigenvalue weighted by Crippen LogP contribution is 2.25. The van der Waals surface area contributed by atoms with Gasteiger partial charge >= 0.3 is 0 Å². The number of nitrogens with zero attached hydrogens (tertiary/aromatic N) is 2. The minimum absolute atomic E-state index is 0.176. The smallest absolute Gasteiger partial charge is 0.262 e. The van der Waals surface area contributed by atoms with Crippen LogP contribution in [-0.2, 0) is 11.2 Å². The zero-order valence-electron chi connectivity index (χ0n) is 17.1. The molecule has 0 atom stereocenters. The van der Waals surface area contributed by atoms with Crippen molar-refractivity contribution in [1.29, 1.82) is 5.26 Å². The second-order valence-electron chi connectivity index (χ2n) is 7.62. The van der Waals surface area contributed by atoms with Crippen molar-refractivity contribution in [3.8, 4) is 11.8 Å². The van der Waals surface area contributed by atoms with Crippen molar-refractivity contribution in [3.63, 3.8) is 0 Å². The minimum atomic E-state index is -0.256. The summed E-state index contributed by atoms with van der Waals surface area (Å²) in [5, 5.41) is 12.6. The topological polar surface area (TPSA) is 57.8 Å². The molecule has 1 fully saturated rings. The standard InChI is InChI=1S/C24H29N3O/c1-4-19-10-8-9-13-23(19)27-17(2)14-20(18(27)3)15-21(16-25)24(28)26-22-11-6-5-7-12-22/h8-10,13-15,22H,4-7,11-12H2,1-3H3,(H,26,28)/b21-15-. The third-order valence-electron chi connectivity index (χ3n) is 5.69. The van der Waals surface area contributed by atoms with E-state index in [-0.39, 0.29) is 17.5 Å². The summed E-state index contributed by atoms with van der Waals surface area (Å²) < 4.78 is 2.21. The van der Waals surface area contributed by atoms with Gasteiger partial charge in [-0.1, -0.05) is 44.4 Å². The highest BCUT2D eigenvalue weighted by Gasteiger charge is 2.19. The van der Waals surface area contributed by atoms with Crippen LogP contribution in [0.25, 0.3) is 11.8 Å². The van der Waals surface area contributed by atoms with Crippen LogP contribution in [0.5, 0.6) is 0 Å². The lowest BCUT2D eigenvalue weighted by Gasteiger charge is -2.22. The van der Waals surface area contributed by atoms with Crippen LogP contribution in [0.4, 0.5) is 0 Å². The summed E-state index contributed by atoms with van der Waals surface area (Å²) in [5.41, 5.74) is 5.65. The first-order chi connectivity index (χ1) is 13.5. The minimum Gasteiger partial charge on any atom is -0.349 e. The number of amides is 1. The Morgan fingerprint density at radius 2 is 1.96 bits per heavy atom. The lowest BCUT2D eigenvalue weighted by Crippen LogP contribution is -2.36. The van der Waals surface area contributed by atoms with E-state index in [2.05, 4.69) is 48.0 Å². The van der Waals surface area contributed by atoms with Crippen LogP contribution in [0.3, 0.4) is 0 Å². The number of carbonyl (C=O) groups excluding carboxylic acids is 1. The van der Waals surface area contributed by atoms with E-state index in [1.807, 2.05) is 19.1 Å². The number of carbonyl (C=O) groups is 1. The zero-order chi connectivity index (χ0) is 20.1. The van der Waals surface area contributed by atoms with E-state index in [0.29, 0.717) is 0 Å². The fourth-order valence-electron chi connectivity index (χ4n) is 4.15. The molecule has 4 nitrogen and oxygen atoms in total. The summed E-state index contributed by atoms with van der Waals surface area (Å²) in [7, 11) is 0. The van der Waals surface area contributed by atoms with Gasteiger partial charge in [-0.3, -0.25) is 4.79 Å². The molecule has 1 aromatic heterocycles. The maximum atomic E-state index is 12.6. The lowest BCUT2D eigenvalue weighted by molar-refractivity contribution is -0.117. The van der Waals surface area contributed by atoms with Gasteiger partial charge in [0.2, 0.25) is 0 Å². The lowest BCUT2D eigenvalue weighted by atomic mass is 9.95. The fraction of sp³-hybridized carbons (Fsp3) is 0.417. The molecule has 1 amide bonds. The van der Waals surface area contributed by atoms with Gasteiger partial charge in [-0.25, -0.2) is 0 Å². The third-order valence-corrected chi connectivity index (χ3v) is 5.69. The monoisotopic (exact) mass is 375 g/mol. The SMILES string of the molecule is CCc1ccccc1-n1c(C)cc(/C=C(/C#N)C(=O)NC2CCCCC2)c1C. The summed E-state index contributed by atoms with van der Waals surface area (Å²) in [6.45, 7) is 6.25. The predicted molar refractivity (Wildman–Crippen MR) is 113 cm³/mol. The second-order valence-corrected chi connectivity index (χ2v) is 7.62. The maximum absolute atomic E-state index is 12.6. The molecule has 0 spiro atoms. The molecule has 0 bridgehead atoms. The number of nitrogens with one attached hydrogen (secondary N) is 1. The molecule has 1 aliphatic carbocycles. The summed E-state index contributed by atoms with van der Waals surface area (Å²) >= 11 is 0. The molecule has 1 heterocycles. The van der Waals surface area contributed by atoms with E-state index in [9.17, 15) is 10.1 Å². The molecule has 0 saturated heterocycles. The number of para-hydroxylation sites is 1. The van der Waals surface area contributed by atoms with Gasteiger partial charge in [-0.2, -0.15) is 5.26 Å². The van der Waals surface area contributed by atoms with Gasteiger partial charge in [0.15, 0.2) is 0 Å². The molecule has 146 valence electrons. The van der Waals surface area contributed by atoms with Gasteiger partial charge in [0.05, 0.1) is 0 Å². The van der Waals surface area contributed by atoms with Crippen LogP contribution >= 0.6 is 0 Å². The van der Waals surface area contributed by atoms with E-state index in [1.54, 1.807) is 6.08 Å². The second kappa shape index (κ2) is 8.93. The van der Waals surface area contributed by atoms with Gasteiger partial charge in [0.1, 0.15) is 11.6 Å². The molecule has 0 radical (unpaired) electrons. The largest absolute Gasteiger partial charge is 0.349 e. The highest BCUT2D eigenvalue weighted by atomic mass is 16.1. The van der Waals surface area contributed by atoms with Crippen molar-refractivity contribution in [2.75, 3.05) is 0 Å². The normalized spacial score (nSPS) is 15.3. The summed E-state index contributed by atoms with van der Waals surface area (Å²) in [5.74, 6) is -0.256. The van der Waals surface area contributed by atoms with E-state index in [1.165, 1.54) is 12.0 Å². The quantitative estimate of drug-likeness (QED) is 0.590. The number of benzene rings is 1. The molecule has 2 aromatic rings. The summed E-state index contributed by atoms with van der Waals surface area (Å²) in [6.07, 6.45) is 8.22. The number of hydrogen-bond donors (Lipinski definition) is 1. The van der Waals surface area contributed by atoms with Gasteiger partial charge in [-0.05, 0) is 62.4 Å². The van der Waals surface area contributed by atoms with E-state index in [4.69, 9.17) is 0 Å². The number of aromatic nitrogens is 1. The molecule has 1 aromatic carbocycles. The molecule has 4 heteroatoms. The van der Waals surface area contributed by atoms with Crippen LogP contribution in [0.1, 0.15) is 61.5 Å². The van der Waals surface area contributed by atoms with Crippen LogP contribution in [0.2, 0.25) is 0 Å². The van der Waals surface area contributed by atoms with Crippen molar-refractivity contribution in [2.24, 2.45) is 0 Å². The first-order valence-corrected chi connectivity index (χ1v) is 10.2. The van der Waals surface area contributed by atoms with Crippen LogP contribution < -0.4 is 5.32 Å². The molecule has 1 saturated carbocycles. The Morgan fingerprint density at radius 1 is 1.25 bits per heavy atom. The van der Waals surface area contributed by atoms with Crippen LogP contribution in [0, 0.1) is 25.2 Å². The third kappa shape index (κ3) is 4.20. The van der Waals surface area contributed by atoms with Gasteiger partial charge in [-0.15, -0.1) is 0 Å². The highest BCUT2D eigenvalue weighted by molar-refractivity contribution is 6.02. The Bertz CT molecular complexity index is 924. The zero-order valence-corrected chi connectivity index (χ0v) is 17.1. The van der Waals surface area contributed by atoms with Crippen LogP contribution in [0.15, 0.2) is 35.9 Å². The number of aryl methyl sites for hydroxylation is 2. The Balaban J connectivity index is 1.90. The van der Waals surface area contributed by atoms with E-state index >= 15 is 0 Å². The molecule has 1 aliphatic rings. The first-order valence-electron chi connectivity index (χ1n) is 10.2. The Hall–Kier alpha value is -2.80. The van der Waals surface area contributed by atoms with Crippen molar-refractivity contribution >= 4 is 12.0 Å². The van der Waals surface area contributed by atoms with Gasteiger partial charge in [0.25, 0.3) is 5.91 Å². The average Bonchev–Trinajstić information content (AvgIpc) is 2.99. The Labute approximate surface area is 167 Å². The van der Waals surface area contributed by atoms with Gasteiger partial charge in [0, 0.05) is 23.1 Å². The van der Waals surface area contributed by atoms with Crippen molar-refractivity contribution in [3.05, 3.63) is 58.4 Å². The summed E-state index contributed by atoms with van der Waals surface area (Å²) in [6, 6.07) is 12.7. The van der Waals surface area contributed by atoms with Gasteiger partial charge < -0.3 is 9.88 Å². The van der Waals surface area contributed by atoms with Crippen molar-refractivity contribution in [2.45, 2.75) is 65.3 Å². The molecular formula is C24H29N3O. The molecule has 1 N–H and O–H groups in total. The van der Waals surface area contributed by atoms with Crippen LogP contribution in [-0.4, -0.2) is 16.5 Å². The Kier molecular flexibility index (Phi) is 6.36. The van der Waals surface area contributed by atoms with E-state index < -0.39 is 0 Å². The number of rotatable bonds is 5. The first kappa shape index (κ1) is 19.9. The van der Waals surface area contributed by atoms with Crippen molar-refractivity contribution < 1.29 is 4.79 Å².